The summed E-state index contributed by atoms with van der Waals surface area (Å²) in [6.07, 6.45) is 2.69. The second-order valence-corrected chi connectivity index (χ2v) is 7.14. The minimum Gasteiger partial charge on any atom is -0.492 e. The number of likely N-dealkylation sites (tertiary alicyclic amines) is 1. The lowest BCUT2D eigenvalue weighted by Gasteiger charge is -2.29. The number of carboxylic acid groups (broad SMARTS) is 1. The van der Waals surface area contributed by atoms with Crippen molar-refractivity contribution in [3.8, 4) is 23.1 Å². The fraction of sp³-hybridized carbons (Fsp3) is 0.364. The third-order valence-corrected chi connectivity index (χ3v) is 5.07. The Morgan fingerprint density at radius 3 is 2.53 bits per heavy atom. The van der Waals surface area contributed by atoms with Crippen LogP contribution in [0, 0.1) is 17.2 Å². The molecule has 1 saturated heterocycles. The van der Waals surface area contributed by atoms with Gasteiger partial charge in [0.15, 0.2) is 0 Å². The van der Waals surface area contributed by atoms with Gasteiger partial charge in [0.05, 0.1) is 31.0 Å². The van der Waals surface area contributed by atoms with Crippen molar-refractivity contribution in [1.82, 2.24) is 15.2 Å². The number of nitrogens with zero attached hydrogens (tertiary/aromatic N) is 3. The molecule has 2 N–H and O–H groups in total. The first kappa shape index (κ1) is 21.1. The summed E-state index contributed by atoms with van der Waals surface area (Å²) in [4.78, 5) is 28.8. The first-order chi connectivity index (χ1) is 14.6. The van der Waals surface area contributed by atoms with Crippen LogP contribution in [0.4, 0.5) is 4.79 Å². The minimum atomic E-state index is -0.859. The average molecular weight is 408 g/mol. The standard InChI is InChI=1S/C22H24N4O4/c23-10-1-11-24-21(27)18-4-2-17(3-5-18)20-7-6-19(14-25-20)30-15-16-8-12-26(13-9-16)22(28)29/h2-7,14,16H,1,8-9,11-13,15H2,(H,24,27)(H,28,29). The molecule has 0 atom stereocenters. The van der Waals surface area contributed by atoms with Crippen molar-refractivity contribution in [2.75, 3.05) is 26.2 Å². The maximum absolute atomic E-state index is 12.0. The van der Waals surface area contributed by atoms with E-state index in [1.54, 1.807) is 18.3 Å². The predicted octanol–water partition coefficient (Wildman–Crippen LogP) is 3.16. The van der Waals surface area contributed by atoms with Crippen molar-refractivity contribution in [2.24, 2.45) is 5.92 Å². The normalized spacial score (nSPS) is 14.0. The van der Waals surface area contributed by atoms with Crippen LogP contribution in [-0.4, -0.2) is 53.2 Å². The number of rotatable bonds is 7. The summed E-state index contributed by atoms with van der Waals surface area (Å²) in [5.74, 6) is 0.808. The Hall–Kier alpha value is -3.60. The second-order valence-electron chi connectivity index (χ2n) is 7.14. The van der Waals surface area contributed by atoms with E-state index in [2.05, 4.69) is 10.3 Å². The van der Waals surface area contributed by atoms with Gasteiger partial charge in [-0.1, -0.05) is 12.1 Å². The van der Waals surface area contributed by atoms with Gasteiger partial charge < -0.3 is 20.1 Å². The van der Waals surface area contributed by atoms with Gasteiger partial charge in [-0.05, 0) is 43.0 Å². The number of nitriles is 1. The van der Waals surface area contributed by atoms with Crippen LogP contribution in [0.1, 0.15) is 29.6 Å². The molecule has 0 bridgehead atoms. The molecule has 0 spiro atoms. The van der Waals surface area contributed by atoms with Crippen LogP contribution in [-0.2, 0) is 0 Å². The smallest absolute Gasteiger partial charge is 0.407 e. The quantitative estimate of drug-likeness (QED) is 0.680. The molecular formula is C22H24N4O4. The topological polar surface area (TPSA) is 116 Å². The molecule has 1 aromatic heterocycles. The summed E-state index contributed by atoms with van der Waals surface area (Å²) in [7, 11) is 0. The van der Waals surface area contributed by atoms with E-state index in [4.69, 9.17) is 15.1 Å². The molecule has 3 rings (SSSR count). The van der Waals surface area contributed by atoms with Crippen LogP contribution in [0.5, 0.6) is 5.75 Å². The van der Waals surface area contributed by atoms with Crippen molar-refractivity contribution in [3.63, 3.8) is 0 Å². The van der Waals surface area contributed by atoms with Gasteiger partial charge in [-0.3, -0.25) is 9.78 Å². The van der Waals surface area contributed by atoms with E-state index in [0.29, 0.717) is 43.5 Å². The van der Waals surface area contributed by atoms with E-state index >= 15 is 0 Å². The number of nitrogens with one attached hydrogen (secondary N) is 1. The number of pyridine rings is 1. The van der Waals surface area contributed by atoms with E-state index in [1.807, 2.05) is 30.3 Å². The Kier molecular flexibility index (Phi) is 7.22. The SMILES string of the molecule is N#CCCNC(=O)c1ccc(-c2ccc(OCC3CCN(C(=O)O)CC3)cn2)cc1. The van der Waals surface area contributed by atoms with Crippen LogP contribution in [0.25, 0.3) is 11.3 Å². The monoisotopic (exact) mass is 408 g/mol. The third kappa shape index (κ3) is 5.70. The fourth-order valence-electron chi connectivity index (χ4n) is 3.27. The van der Waals surface area contributed by atoms with Crippen molar-refractivity contribution in [1.29, 1.82) is 5.26 Å². The van der Waals surface area contributed by atoms with Crippen molar-refractivity contribution in [2.45, 2.75) is 19.3 Å². The molecule has 0 saturated carbocycles. The first-order valence-electron chi connectivity index (χ1n) is 9.89. The van der Waals surface area contributed by atoms with E-state index in [1.165, 1.54) is 4.90 Å². The molecule has 2 aromatic rings. The number of ether oxygens (including phenoxy) is 1. The highest BCUT2D eigenvalue weighted by atomic mass is 16.5. The molecule has 2 heterocycles. The zero-order valence-electron chi connectivity index (χ0n) is 16.6. The highest BCUT2D eigenvalue weighted by Crippen LogP contribution is 2.22. The van der Waals surface area contributed by atoms with Gasteiger partial charge in [-0.2, -0.15) is 5.26 Å². The van der Waals surface area contributed by atoms with Crippen LogP contribution in [0.2, 0.25) is 0 Å². The van der Waals surface area contributed by atoms with Gasteiger partial charge in [-0.25, -0.2) is 4.79 Å². The van der Waals surface area contributed by atoms with Crippen molar-refractivity contribution in [3.05, 3.63) is 48.2 Å². The summed E-state index contributed by atoms with van der Waals surface area (Å²) >= 11 is 0. The van der Waals surface area contributed by atoms with Crippen LogP contribution < -0.4 is 10.1 Å². The van der Waals surface area contributed by atoms with E-state index < -0.39 is 6.09 Å². The molecule has 8 heteroatoms. The molecule has 0 radical (unpaired) electrons. The molecule has 8 nitrogen and oxygen atoms in total. The van der Waals surface area contributed by atoms with Crippen molar-refractivity contribution < 1.29 is 19.4 Å². The number of aromatic nitrogens is 1. The second kappa shape index (κ2) is 10.3. The van der Waals surface area contributed by atoms with E-state index in [-0.39, 0.29) is 12.3 Å². The van der Waals surface area contributed by atoms with Gasteiger partial charge in [0.25, 0.3) is 5.91 Å². The number of piperidine rings is 1. The van der Waals surface area contributed by atoms with Crippen molar-refractivity contribution >= 4 is 12.0 Å². The van der Waals surface area contributed by atoms with Crippen LogP contribution in [0.3, 0.4) is 0 Å². The van der Waals surface area contributed by atoms with Gasteiger partial charge in [0.1, 0.15) is 5.75 Å². The lowest BCUT2D eigenvalue weighted by Crippen LogP contribution is -2.38. The lowest BCUT2D eigenvalue weighted by atomic mass is 9.98. The first-order valence-corrected chi connectivity index (χ1v) is 9.89. The molecule has 1 aliphatic heterocycles. The number of carbonyl (C=O) groups is 2. The molecule has 1 fully saturated rings. The lowest BCUT2D eigenvalue weighted by molar-refractivity contribution is 0.0954. The zero-order valence-corrected chi connectivity index (χ0v) is 16.6. The Balaban J connectivity index is 1.50. The largest absolute Gasteiger partial charge is 0.492 e. The van der Waals surface area contributed by atoms with Gasteiger partial charge >= 0.3 is 6.09 Å². The molecule has 2 amide bonds. The summed E-state index contributed by atoms with van der Waals surface area (Å²) in [6, 6.07) is 12.8. The van der Waals surface area contributed by atoms with Gasteiger partial charge in [0, 0.05) is 30.8 Å². The van der Waals surface area contributed by atoms with Gasteiger partial charge in [0.2, 0.25) is 0 Å². The molecule has 1 aromatic carbocycles. The predicted molar refractivity (Wildman–Crippen MR) is 110 cm³/mol. The number of hydrogen-bond donors (Lipinski definition) is 2. The summed E-state index contributed by atoms with van der Waals surface area (Å²) in [5, 5.41) is 20.2. The summed E-state index contributed by atoms with van der Waals surface area (Å²) in [5.41, 5.74) is 2.19. The van der Waals surface area contributed by atoms with Gasteiger partial charge in [-0.15, -0.1) is 0 Å². The maximum Gasteiger partial charge on any atom is 0.407 e. The summed E-state index contributed by atoms with van der Waals surface area (Å²) < 4.78 is 5.83. The highest BCUT2D eigenvalue weighted by Gasteiger charge is 2.22. The Morgan fingerprint density at radius 1 is 1.20 bits per heavy atom. The Bertz CT molecular complexity index is 898. The Labute approximate surface area is 175 Å². The minimum absolute atomic E-state index is 0.206. The molecule has 0 unspecified atom stereocenters. The number of benzene rings is 1. The highest BCUT2D eigenvalue weighted by molar-refractivity contribution is 5.94. The molecule has 156 valence electrons. The van der Waals surface area contributed by atoms with Crippen LogP contribution in [0.15, 0.2) is 42.6 Å². The molecule has 1 aliphatic rings. The fourth-order valence-corrected chi connectivity index (χ4v) is 3.27. The maximum atomic E-state index is 12.0. The summed E-state index contributed by atoms with van der Waals surface area (Å²) in [6.45, 7) is 1.97. The number of carbonyl (C=O) groups excluding carboxylic acids is 1. The van der Waals surface area contributed by atoms with E-state index in [0.717, 1.165) is 24.1 Å². The zero-order chi connectivity index (χ0) is 21.3. The number of hydrogen-bond acceptors (Lipinski definition) is 5. The molecule has 0 aliphatic carbocycles. The average Bonchev–Trinajstić information content (AvgIpc) is 2.78. The number of amides is 2. The molecule has 30 heavy (non-hydrogen) atoms. The Morgan fingerprint density at radius 2 is 1.93 bits per heavy atom. The van der Waals surface area contributed by atoms with E-state index in [9.17, 15) is 9.59 Å². The third-order valence-electron chi connectivity index (χ3n) is 5.07. The van der Waals surface area contributed by atoms with Crippen LogP contribution >= 0.6 is 0 Å². The molecular weight excluding hydrogens is 384 g/mol.